The number of nitrogens with zero attached hydrogens (tertiary/aromatic N) is 2. The van der Waals surface area contributed by atoms with Crippen LogP contribution >= 0.6 is 23.4 Å². The number of rotatable bonds is 3. The molecule has 6 heteroatoms. The summed E-state index contributed by atoms with van der Waals surface area (Å²) in [6, 6.07) is 13.1. The zero-order chi connectivity index (χ0) is 14.8. The topological polar surface area (TPSA) is 64.9 Å². The monoisotopic (exact) mass is 317 g/mol. The zero-order valence-corrected chi connectivity index (χ0v) is 12.8. The molecule has 0 fully saturated rings. The molecule has 0 atom stereocenters. The van der Waals surface area contributed by atoms with Gasteiger partial charge in [-0.25, -0.2) is 0 Å². The second-order valence-corrected chi connectivity index (χ2v) is 5.70. The Kier molecular flexibility index (Phi) is 3.86. The van der Waals surface area contributed by atoms with Gasteiger partial charge in [-0.05, 0) is 48.7 Å². The molecule has 0 amide bonds. The van der Waals surface area contributed by atoms with Crippen molar-refractivity contribution in [1.82, 2.24) is 10.1 Å². The molecule has 0 unspecified atom stereocenters. The number of hydrogen-bond acceptors (Lipinski definition) is 5. The summed E-state index contributed by atoms with van der Waals surface area (Å²) in [4.78, 5) is 5.57. The van der Waals surface area contributed by atoms with E-state index in [0.29, 0.717) is 28.0 Å². The molecule has 2 aromatic carbocycles. The first-order valence-electron chi connectivity index (χ1n) is 6.21. The van der Waals surface area contributed by atoms with Crippen molar-refractivity contribution in [3.8, 4) is 22.8 Å². The highest BCUT2D eigenvalue weighted by Crippen LogP contribution is 2.29. The molecule has 3 aromatic rings. The molecule has 0 aliphatic rings. The van der Waals surface area contributed by atoms with Crippen molar-refractivity contribution >= 4 is 29.1 Å². The lowest BCUT2D eigenvalue weighted by molar-refractivity contribution is 0.432. The maximum Gasteiger partial charge on any atom is 0.260 e. The standard InChI is InChI=1S/C15H12ClN3OS/c1-21-11-5-2-9(3-6-11)14-18-15(20-19-14)12-8-10(16)4-7-13(12)17/h2-8H,17H2,1H3. The van der Waals surface area contributed by atoms with Crippen LogP contribution in [-0.4, -0.2) is 16.4 Å². The summed E-state index contributed by atoms with van der Waals surface area (Å²) in [5, 5.41) is 4.57. The Balaban J connectivity index is 1.97. The van der Waals surface area contributed by atoms with E-state index in [1.54, 1.807) is 30.0 Å². The van der Waals surface area contributed by atoms with Crippen molar-refractivity contribution < 1.29 is 4.52 Å². The molecule has 0 aliphatic heterocycles. The van der Waals surface area contributed by atoms with Crippen LogP contribution in [-0.2, 0) is 0 Å². The molecule has 0 radical (unpaired) electrons. The summed E-state index contributed by atoms with van der Waals surface area (Å²) in [5.74, 6) is 0.885. The molecule has 1 aromatic heterocycles. The Bertz CT molecular complexity index is 771. The summed E-state index contributed by atoms with van der Waals surface area (Å²) in [5.41, 5.74) is 8.00. The zero-order valence-electron chi connectivity index (χ0n) is 11.2. The van der Waals surface area contributed by atoms with Gasteiger partial charge in [0, 0.05) is 21.2 Å². The van der Waals surface area contributed by atoms with Gasteiger partial charge in [-0.2, -0.15) is 4.98 Å². The van der Waals surface area contributed by atoms with Gasteiger partial charge >= 0.3 is 0 Å². The van der Waals surface area contributed by atoms with Gasteiger partial charge in [-0.15, -0.1) is 11.8 Å². The summed E-state index contributed by atoms with van der Waals surface area (Å²) in [6.07, 6.45) is 2.03. The van der Waals surface area contributed by atoms with E-state index in [9.17, 15) is 0 Å². The minimum absolute atomic E-state index is 0.360. The second-order valence-electron chi connectivity index (χ2n) is 4.38. The van der Waals surface area contributed by atoms with Gasteiger partial charge in [0.1, 0.15) is 0 Å². The molecule has 0 aliphatic carbocycles. The Labute approximate surface area is 131 Å². The van der Waals surface area contributed by atoms with Crippen molar-refractivity contribution in [3.63, 3.8) is 0 Å². The minimum Gasteiger partial charge on any atom is -0.398 e. The number of benzene rings is 2. The molecule has 3 rings (SSSR count). The van der Waals surface area contributed by atoms with Crippen LogP contribution in [0.3, 0.4) is 0 Å². The fraction of sp³-hybridized carbons (Fsp3) is 0.0667. The van der Waals surface area contributed by atoms with E-state index in [2.05, 4.69) is 10.1 Å². The van der Waals surface area contributed by atoms with Gasteiger partial charge in [0.2, 0.25) is 5.82 Å². The van der Waals surface area contributed by atoms with E-state index in [1.807, 2.05) is 30.5 Å². The number of nitrogens with two attached hydrogens (primary N) is 1. The molecule has 106 valence electrons. The second kappa shape index (κ2) is 5.79. The minimum atomic E-state index is 0.360. The van der Waals surface area contributed by atoms with Crippen LogP contribution in [0.4, 0.5) is 5.69 Å². The number of thioether (sulfide) groups is 1. The number of aromatic nitrogens is 2. The molecule has 4 nitrogen and oxygen atoms in total. The first kappa shape index (κ1) is 14.0. The highest BCUT2D eigenvalue weighted by Gasteiger charge is 2.13. The van der Waals surface area contributed by atoms with Crippen LogP contribution in [0.1, 0.15) is 0 Å². The molecule has 0 saturated heterocycles. The SMILES string of the molecule is CSc1ccc(-c2noc(-c3cc(Cl)ccc3N)n2)cc1. The van der Waals surface area contributed by atoms with Gasteiger partial charge in [0.15, 0.2) is 0 Å². The Morgan fingerprint density at radius 1 is 1.14 bits per heavy atom. The summed E-state index contributed by atoms with van der Waals surface area (Å²) in [6.45, 7) is 0. The predicted molar refractivity (Wildman–Crippen MR) is 86.4 cm³/mol. The lowest BCUT2D eigenvalue weighted by atomic mass is 10.2. The van der Waals surface area contributed by atoms with Crippen molar-refractivity contribution in [3.05, 3.63) is 47.5 Å². The van der Waals surface area contributed by atoms with Crippen molar-refractivity contribution in [2.24, 2.45) is 0 Å². The van der Waals surface area contributed by atoms with Gasteiger partial charge in [0.25, 0.3) is 5.89 Å². The average Bonchev–Trinajstić information content (AvgIpc) is 2.99. The predicted octanol–water partition coefficient (Wildman–Crippen LogP) is 4.36. The van der Waals surface area contributed by atoms with Gasteiger partial charge in [-0.3, -0.25) is 0 Å². The first-order chi connectivity index (χ1) is 10.2. The Hall–Kier alpha value is -1.98. The maximum absolute atomic E-state index is 5.98. The number of nitrogen functional groups attached to an aromatic ring is 1. The normalized spacial score (nSPS) is 10.8. The van der Waals surface area contributed by atoms with Crippen molar-refractivity contribution in [2.75, 3.05) is 12.0 Å². The largest absolute Gasteiger partial charge is 0.398 e. The van der Waals surface area contributed by atoms with E-state index < -0.39 is 0 Å². The molecule has 1 heterocycles. The van der Waals surface area contributed by atoms with E-state index in [1.165, 1.54) is 4.90 Å². The molecular weight excluding hydrogens is 306 g/mol. The number of anilines is 1. The van der Waals surface area contributed by atoms with Crippen LogP contribution < -0.4 is 5.73 Å². The molecule has 0 spiro atoms. The van der Waals surface area contributed by atoms with Gasteiger partial charge in [-0.1, -0.05) is 16.8 Å². The number of hydrogen-bond donors (Lipinski definition) is 1. The molecule has 0 saturated carbocycles. The fourth-order valence-electron chi connectivity index (χ4n) is 1.90. The Morgan fingerprint density at radius 3 is 2.62 bits per heavy atom. The van der Waals surface area contributed by atoms with E-state index in [-0.39, 0.29) is 0 Å². The van der Waals surface area contributed by atoms with Crippen LogP contribution in [0.15, 0.2) is 51.9 Å². The smallest absolute Gasteiger partial charge is 0.260 e. The van der Waals surface area contributed by atoms with E-state index in [4.69, 9.17) is 21.9 Å². The van der Waals surface area contributed by atoms with Crippen LogP contribution in [0.5, 0.6) is 0 Å². The lowest BCUT2D eigenvalue weighted by Crippen LogP contribution is -1.90. The third-order valence-corrected chi connectivity index (χ3v) is 4.00. The first-order valence-corrected chi connectivity index (χ1v) is 7.81. The van der Waals surface area contributed by atoms with Crippen LogP contribution in [0.25, 0.3) is 22.8 Å². The average molecular weight is 318 g/mol. The molecular formula is C15H12ClN3OS. The number of halogens is 1. The van der Waals surface area contributed by atoms with Crippen molar-refractivity contribution in [1.29, 1.82) is 0 Å². The fourth-order valence-corrected chi connectivity index (χ4v) is 2.48. The summed E-state index contributed by atoms with van der Waals surface area (Å²) >= 11 is 7.66. The molecule has 2 N–H and O–H groups in total. The summed E-state index contributed by atoms with van der Waals surface area (Å²) < 4.78 is 5.29. The van der Waals surface area contributed by atoms with Gasteiger partial charge in [0.05, 0.1) is 5.56 Å². The third kappa shape index (κ3) is 2.89. The van der Waals surface area contributed by atoms with E-state index >= 15 is 0 Å². The molecule has 0 bridgehead atoms. The van der Waals surface area contributed by atoms with Crippen molar-refractivity contribution in [2.45, 2.75) is 4.90 Å². The van der Waals surface area contributed by atoms with Crippen LogP contribution in [0, 0.1) is 0 Å². The summed E-state index contributed by atoms with van der Waals surface area (Å²) in [7, 11) is 0. The third-order valence-electron chi connectivity index (χ3n) is 3.02. The Morgan fingerprint density at radius 2 is 1.90 bits per heavy atom. The highest BCUT2D eigenvalue weighted by atomic mass is 35.5. The lowest BCUT2D eigenvalue weighted by Gasteiger charge is -2.00. The molecule has 21 heavy (non-hydrogen) atoms. The maximum atomic E-state index is 5.98. The highest BCUT2D eigenvalue weighted by molar-refractivity contribution is 7.98. The quantitative estimate of drug-likeness (QED) is 0.574. The van der Waals surface area contributed by atoms with Crippen LogP contribution in [0.2, 0.25) is 5.02 Å². The van der Waals surface area contributed by atoms with E-state index in [0.717, 1.165) is 5.56 Å². The van der Waals surface area contributed by atoms with Gasteiger partial charge < -0.3 is 10.3 Å².